The highest BCUT2D eigenvalue weighted by molar-refractivity contribution is 6.12. The van der Waals surface area contributed by atoms with Gasteiger partial charge in [0.05, 0.1) is 19.3 Å². The Kier molecular flexibility index (Phi) is 6.76. The van der Waals surface area contributed by atoms with Crippen LogP contribution >= 0.6 is 0 Å². The van der Waals surface area contributed by atoms with Crippen LogP contribution in [0.2, 0.25) is 0 Å². The number of carbonyl (C=O) groups is 2. The molecule has 7 heteroatoms. The van der Waals surface area contributed by atoms with Gasteiger partial charge in [-0.05, 0) is 42.7 Å². The van der Waals surface area contributed by atoms with Gasteiger partial charge in [-0.15, -0.1) is 0 Å². The number of benzene rings is 3. The molecule has 38 heavy (non-hydrogen) atoms. The highest BCUT2D eigenvalue weighted by atomic mass is 16.5. The van der Waals surface area contributed by atoms with E-state index in [1.807, 2.05) is 78.9 Å². The molecule has 0 aliphatic carbocycles. The minimum absolute atomic E-state index is 0.213. The summed E-state index contributed by atoms with van der Waals surface area (Å²) in [6, 6.07) is 27.0. The van der Waals surface area contributed by atoms with Crippen molar-refractivity contribution in [2.24, 2.45) is 0 Å². The molecule has 7 nitrogen and oxygen atoms in total. The zero-order chi connectivity index (χ0) is 26.9. The van der Waals surface area contributed by atoms with Gasteiger partial charge >= 0.3 is 0 Å². The van der Waals surface area contributed by atoms with Crippen LogP contribution in [-0.4, -0.2) is 34.2 Å². The van der Waals surface area contributed by atoms with Crippen molar-refractivity contribution >= 4 is 17.5 Å². The molecule has 0 saturated carbocycles. The summed E-state index contributed by atoms with van der Waals surface area (Å²) in [5.41, 5.74) is 3.53. The smallest absolute Gasteiger partial charge is 0.277 e. The highest BCUT2D eigenvalue weighted by Crippen LogP contribution is 2.35. The Hall–Kier alpha value is -4.39. The van der Waals surface area contributed by atoms with Crippen LogP contribution in [0.1, 0.15) is 48.3 Å². The maximum atomic E-state index is 14.0. The molecule has 0 radical (unpaired) electrons. The molecule has 0 bridgehead atoms. The average Bonchev–Trinajstić information content (AvgIpc) is 3.36. The lowest BCUT2D eigenvalue weighted by atomic mass is 9.93. The van der Waals surface area contributed by atoms with Crippen molar-refractivity contribution in [3.63, 3.8) is 0 Å². The number of methoxy groups -OCH3 is 1. The summed E-state index contributed by atoms with van der Waals surface area (Å²) in [7, 11) is 1.61. The maximum Gasteiger partial charge on any atom is 0.277 e. The molecule has 0 spiro atoms. The van der Waals surface area contributed by atoms with Crippen molar-refractivity contribution in [3.8, 4) is 17.0 Å². The summed E-state index contributed by atoms with van der Waals surface area (Å²) in [5.74, 6) is 0.512. The molecule has 3 aromatic carbocycles. The summed E-state index contributed by atoms with van der Waals surface area (Å²) in [6.45, 7) is 6.53. The average molecular weight is 509 g/mol. The van der Waals surface area contributed by atoms with Gasteiger partial charge in [-0.1, -0.05) is 74.5 Å². The largest absolute Gasteiger partial charge is 0.496 e. The summed E-state index contributed by atoms with van der Waals surface area (Å²) >= 11 is 0. The third kappa shape index (κ3) is 4.56. The monoisotopic (exact) mass is 508 g/mol. The Balaban J connectivity index is 1.53. The zero-order valence-corrected chi connectivity index (χ0v) is 22.1. The second-order valence-corrected chi connectivity index (χ2v) is 10.1. The van der Waals surface area contributed by atoms with E-state index < -0.39 is 5.54 Å². The molecule has 1 aliphatic heterocycles. The molecule has 1 atom stereocenters. The number of carbonyl (C=O) groups excluding carboxylic acids is 2. The second kappa shape index (κ2) is 10.2. The number of anilines is 1. The van der Waals surface area contributed by atoms with Crippen molar-refractivity contribution in [2.45, 2.75) is 45.3 Å². The lowest BCUT2D eigenvalue weighted by Gasteiger charge is -2.43. The topological polar surface area (TPSA) is 76.5 Å². The van der Waals surface area contributed by atoms with Crippen LogP contribution in [0.5, 0.6) is 5.75 Å². The summed E-state index contributed by atoms with van der Waals surface area (Å²) in [5, 5.41) is 7.78. The van der Waals surface area contributed by atoms with E-state index in [0.29, 0.717) is 28.7 Å². The first-order valence-corrected chi connectivity index (χ1v) is 12.8. The molecule has 4 aromatic rings. The second-order valence-electron chi connectivity index (χ2n) is 10.1. The van der Waals surface area contributed by atoms with Gasteiger partial charge in [0.1, 0.15) is 17.0 Å². The van der Waals surface area contributed by atoms with Gasteiger partial charge in [-0.3, -0.25) is 19.2 Å². The third-order valence-corrected chi connectivity index (χ3v) is 7.16. The number of ether oxygens (including phenoxy) is 1. The number of rotatable bonds is 7. The SMILES string of the molecule is COc1ccccc1CNC(=O)[C@]1(C)Cn2nc(-c3ccccc3)cc2C(=O)N1c1ccc(C(C)C)cc1. The van der Waals surface area contributed by atoms with Crippen LogP contribution in [0, 0.1) is 0 Å². The van der Waals surface area contributed by atoms with E-state index in [1.54, 1.807) is 29.7 Å². The van der Waals surface area contributed by atoms with E-state index in [2.05, 4.69) is 19.2 Å². The van der Waals surface area contributed by atoms with Gasteiger partial charge in [0, 0.05) is 23.4 Å². The van der Waals surface area contributed by atoms with E-state index in [-0.39, 0.29) is 24.9 Å². The third-order valence-electron chi connectivity index (χ3n) is 7.16. The van der Waals surface area contributed by atoms with Crippen LogP contribution < -0.4 is 15.0 Å². The first kappa shape index (κ1) is 25.3. The van der Waals surface area contributed by atoms with Crippen LogP contribution in [0.4, 0.5) is 5.69 Å². The molecule has 194 valence electrons. The molecule has 2 amide bonds. The number of para-hydroxylation sites is 1. The van der Waals surface area contributed by atoms with Gasteiger partial charge < -0.3 is 10.1 Å². The van der Waals surface area contributed by atoms with E-state index >= 15 is 0 Å². The predicted octanol–water partition coefficient (Wildman–Crippen LogP) is 5.42. The quantitative estimate of drug-likeness (QED) is 0.362. The molecule has 1 N–H and O–H groups in total. The highest BCUT2D eigenvalue weighted by Gasteiger charge is 2.49. The molecule has 1 aliphatic rings. The molecule has 0 saturated heterocycles. The first-order chi connectivity index (χ1) is 18.3. The van der Waals surface area contributed by atoms with Crippen LogP contribution in [-0.2, 0) is 17.9 Å². The minimum Gasteiger partial charge on any atom is -0.496 e. The fourth-order valence-electron chi connectivity index (χ4n) is 4.96. The van der Waals surface area contributed by atoms with Crippen LogP contribution in [0.3, 0.4) is 0 Å². The first-order valence-electron chi connectivity index (χ1n) is 12.8. The molecule has 5 rings (SSSR count). The molecule has 0 unspecified atom stereocenters. The van der Waals surface area contributed by atoms with Crippen molar-refractivity contribution < 1.29 is 14.3 Å². The lowest BCUT2D eigenvalue weighted by Crippen LogP contribution is -2.64. The molecule has 2 heterocycles. The standard InChI is InChI=1S/C31H32N4O3/c1-21(2)22-14-16-25(17-15-22)35-29(36)27-18-26(23-10-6-5-7-11-23)33-34(27)20-31(35,3)30(37)32-19-24-12-8-9-13-28(24)38-4/h5-18,21H,19-20H2,1-4H3,(H,32,37)/t31-/m0/s1. The van der Waals surface area contributed by atoms with E-state index in [4.69, 9.17) is 9.84 Å². The van der Waals surface area contributed by atoms with Gasteiger partial charge in [0.25, 0.3) is 5.91 Å². The molecular formula is C31H32N4O3. The number of hydrogen-bond acceptors (Lipinski definition) is 4. The fraction of sp³-hybridized carbons (Fsp3) is 0.258. The van der Waals surface area contributed by atoms with E-state index in [9.17, 15) is 9.59 Å². The number of fused-ring (bicyclic) bond motifs is 1. The Morgan fingerprint density at radius 1 is 1.03 bits per heavy atom. The number of aromatic nitrogens is 2. The van der Waals surface area contributed by atoms with Gasteiger partial charge in [-0.2, -0.15) is 5.10 Å². The summed E-state index contributed by atoms with van der Waals surface area (Å²) < 4.78 is 7.11. The Morgan fingerprint density at radius 2 is 1.71 bits per heavy atom. The maximum absolute atomic E-state index is 14.0. The van der Waals surface area contributed by atoms with Gasteiger partial charge in [0.15, 0.2) is 0 Å². The summed E-state index contributed by atoms with van der Waals surface area (Å²) in [6.07, 6.45) is 0. The number of hydrogen-bond donors (Lipinski definition) is 1. The molecule has 0 fully saturated rings. The number of nitrogens with zero attached hydrogens (tertiary/aromatic N) is 3. The zero-order valence-electron chi connectivity index (χ0n) is 22.1. The normalized spacial score (nSPS) is 16.9. The Morgan fingerprint density at radius 3 is 2.39 bits per heavy atom. The van der Waals surface area contributed by atoms with E-state index in [0.717, 1.165) is 16.7 Å². The Labute approximate surface area is 223 Å². The fourth-order valence-corrected chi connectivity index (χ4v) is 4.96. The van der Waals surface area contributed by atoms with Gasteiger partial charge in [-0.25, -0.2) is 0 Å². The van der Waals surface area contributed by atoms with Crippen molar-refractivity contribution in [2.75, 3.05) is 12.0 Å². The van der Waals surface area contributed by atoms with Crippen molar-refractivity contribution in [1.82, 2.24) is 15.1 Å². The van der Waals surface area contributed by atoms with Crippen molar-refractivity contribution in [3.05, 3.63) is 102 Å². The molecular weight excluding hydrogens is 476 g/mol. The lowest BCUT2D eigenvalue weighted by molar-refractivity contribution is -0.126. The van der Waals surface area contributed by atoms with E-state index in [1.165, 1.54) is 0 Å². The molecule has 1 aromatic heterocycles. The number of nitrogens with one attached hydrogen (secondary N) is 1. The van der Waals surface area contributed by atoms with Crippen LogP contribution in [0.25, 0.3) is 11.3 Å². The summed E-state index contributed by atoms with van der Waals surface area (Å²) in [4.78, 5) is 29.5. The Bertz CT molecular complexity index is 1460. The van der Waals surface area contributed by atoms with Crippen molar-refractivity contribution in [1.29, 1.82) is 0 Å². The minimum atomic E-state index is -1.22. The number of amides is 2. The van der Waals surface area contributed by atoms with Crippen LogP contribution in [0.15, 0.2) is 84.9 Å². The predicted molar refractivity (Wildman–Crippen MR) is 148 cm³/mol. The van der Waals surface area contributed by atoms with Gasteiger partial charge in [0.2, 0.25) is 5.91 Å².